The molecule has 1 fully saturated rings. The van der Waals surface area contributed by atoms with Crippen LogP contribution < -0.4 is 5.73 Å². The molecule has 0 bridgehead atoms. The van der Waals surface area contributed by atoms with Crippen LogP contribution in [0.3, 0.4) is 0 Å². The Balaban J connectivity index is 1.71. The SMILES string of the molecule is CN(CCc1cccs1)CCC1(CN)CCCCC1. The van der Waals surface area contributed by atoms with Crippen molar-refractivity contribution in [3.05, 3.63) is 22.4 Å². The van der Waals surface area contributed by atoms with Gasteiger partial charge < -0.3 is 10.6 Å². The molecule has 2 rings (SSSR count). The first-order valence-electron chi connectivity index (χ1n) is 7.65. The van der Waals surface area contributed by atoms with Gasteiger partial charge in [-0.05, 0) is 62.7 Å². The predicted molar refractivity (Wildman–Crippen MR) is 84.7 cm³/mol. The minimum atomic E-state index is 0.454. The Kier molecular flexibility index (Phi) is 5.86. The zero-order valence-electron chi connectivity index (χ0n) is 12.2. The number of nitrogens with zero attached hydrogens (tertiary/aromatic N) is 1. The van der Waals surface area contributed by atoms with Crippen LogP contribution in [-0.4, -0.2) is 31.6 Å². The molecule has 0 saturated heterocycles. The van der Waals surface area contributed by atoms with Gasteiger partial charge in [0.25, 0.3) is 0 Å². The molecule has 1 aromatic rings. The van der Waals surface area contributed by atoms with Gasteiger partial charge in [-0.2, -0.15) is 0 Å². The monoisotopic (exact) mass is 280 g/mol. The van der Waals surface area contributed by atoms with Crippen molar-refractivity contribution in [1.82, 2.24) is 4.90 Å². The van der Waals surface area contributed by atoms with E-state index in [1.165, 1.54) is 62.9 Å². The first kappa shape index (κ1) is 15.0. The van der Waals surface area contributed by atoms with E-state index in [0.717, 1.165) is 6.54 Å². The number of rotatable bonds is 7. The van der Waals surface area contributed by atoms with E-state index in [2.05, 4.69) is 29.5 Å². The Bertz CT molecular complexity index is 342. The zero-order valence-corrected chi connectivity index (χ0v) is 13.1. The zero-order chi connectivity index (χ0) is 13.6. The molecule has 0 radical (unpaired) electrons. The molecule has 0 unspecified atom stereocenters. The van der Waals surface area contributed by atoms with Crippen molar-refractivity contribution in [1.29, 1.82) is 0 Å². The lowest BCUT2D eigenvalue weighted by Crippen LogP contribution is -2.36. The third kappa shape index (κ3) is 4.59. The summed E-state index contributed by atoms with van der Waals surface area (Å²) in [4.78, 5) is 3.98. The van der Waals surface area contributed by atoms with Crippen molar-refractivity contribution in [3.63, 3.8) is 0 Å². The van der Waals surface area contributed by atoms with Crippen LogP contribution >= 0.6 is 11.3 Å². The molecule has 3 heteroatoms. The van der Waals surface area contributed by atoms with Crippen LogP contribution in [0.2, 0.25) is 0 Å². The van der Waals surface area contributed by atoms with Crippen molar-refractivity contribution in [2.45, 2.75) is 44.9 Å². The fraction of sp³-hybridized carbons (Fsp3) is 0.750. The quantitative estimate of drug-likeness (QED) is 0.828. The van der Waals surface area contributed by atoms with Crippen LogP contribution in [-0.2, 0) is 6.42 Å². The average molecular weight is 280 g/mol. The Morgan fingerprint density at radius 1 is 1.26 bits per heavy atom. The summed E-state index contributed by atoms with van der Waals surface area (Å²) in [6, 6.07) is 4.38. The summed E-state index contributed by atoms with van der Waals surface area (Å²) in [5.41, 5.74) is 6.51. The summed E-state index contributed by atoms with van der Waals surface area (Å²) in [5.74, 6) is 0. The van der Waals surface area contributed by atoms with Crippen LogP contribution in [0.4, 0.5) is 0 Å². The number of likely N-dealkylation sites (N-methyl/N-ethyl adjacent to an activating group) is 1. The number of nitrogens with two attached hydrogens (primary N) is 1. The molecule has 2 nitrogen and oxygen atoms in total. The summed E-state index contributed by atoms with van der Waals surface area (Å²) >= 11 is 1.87. The van der Waals surface area contributed by atoms with Crippen LogP contribution in [0.5, 0.6) is 0 Å². The van der Waals surface area contributed by atoms with Gasteiger partial charge in [0.05, 0.1) is 0 Å². The largest absolute Gasteiger partial charge is 0.330 e. The van der Waals surface area contributed by atoms with Crippen molar-refractivity contribution in [2.75, 3.05) is 26.7 Å². The molecule has 0 aliphatic heterocycles. The third-order valence-corrected chi connectivity index (χ3v) is 5.63. The molecule has 0 atom stereocenters. The second-order valence-corrected chi connectivity index (χ2v) is 7.18. The lowest BCUT2D eigenvalue weighted by molar-refractivity contribution is 0.157. The molecule has 19 heavy (non-hydrogen) atoms. The van der Waals surface area contributed by atoms with Crippen LogP contribution in [0.25, 0.3) is 0 Å². The van der Waals surface area contributed by atoms with E-state index >= 15 is 0 Å². The standard InChI is InChI=1S/C16H28N2S/c1-18(11-7-15-6-5-13-19-15)12-10-16(14-17)8-3-2-4-9-16/h5-6,13H,2-4,7-12,14,17H2,1H3. The smallest absolute Gasteiger partial charge is 0.00579 e. The second-order valence-electron chi connectivity index (χ2n) is 6.15. The molecule has 0 spiro atoms. The molecular formula is C16H28N2S. The highest BCUT2D eigenvalue weighted by Gasteiger charge is 2.30. The maximum Gasteiger partial charge on any atom is 0.00579 e. The Hall–Kier alpha value is -0.380. The number of hydrogen-bond acceptors (Lipinski definition) is 3. The van der Waals surface area contributed by atoms with E-state index in [9.17, 15) is 0 Å². The highest BCUT2D eigenvalue weighted by Crippen LogP contribution is 2.38. The normalized spacial score (nSPS) is 18.9. The van der Waals surface area contributed by atoms with Gasteiger partial charge in [-0.3, -0.25) is 0 Å². The van der Waals surface area contributed by atoms with Gasteiger partial charge in [0.2, 0.25) is 0 Å². The van der Waals surface area contributed by atoms with Crippen molar-refractivity contribution >= 4 is 11.3 Å². The van der Waals surface area contributed by atoms with Crippen molar-refractivity contribution in [2.24, 2.45) is 11.1 Å². The molecule has 0 aromatic carbocycles. The molecule has 2 N–H and O–H groups in total. The summed E-state index contributed by atoms with van der Waals surface area (Å²) in [6.45, 7) is 3.25. The van der Waals surface area contributed by atoms with E-state index in [0.29, 0.717) is 5.41 Å². The maximum atomic E-state index is 6.06. The average Bonchev–Trinajstić information content (AvgIpc) is 2.97. The minimum Gasteiger partial charge on any atom is -0.330 e. The molecule has 1 aliphatic rings. The van der Waals surface area contributed by atoms with Gasteiger partial charge in [-0.25, -0.2) is 0 Å². The van der Waals surface area contributed by atoms with E-state index in [1.807, 2.05) is 11.3 Å². The topological polar surface area (TPSA) is 29.3 Å². The Labute approximate surface area is 122 Å². The van der Waals surface area contributed by atoms with Gasteiger partial charge >= 0.3 is 0 Å². The summed E-state index contributed by atoms with van der Waals surface area (Å²) in [5, 5.41) is 2.17. The molecule has 0 amide bonds. The molecule has 1 aromatic heterocycles. The van der Waals surface area contributed by atoms with E-state index < -0.39 is 0 Å². The third-order valence-electron chi connectivity index (χ3n) is 4.69. The van der Waals surface area contributed by atoms with Gasteiger partial charge in [-0.1, -0.05) is 25.3 Å². The summed E-state index contributed by atoms with van der Waals surface area (Å²) in [7, 11) is 2.25. The van der Waals surface area contributed by atoms with E-state index in [-0.39, 0.29) is 0 Å². The minimum absolute atomic E-state index is 0.454. The fourth-order valence-electron chi connectivity index (χ4n) is 3.15. The van der Waals surface area contributed by atoms with Crippen LogP contribution in [0, 0.1) is 5.41 Å². The molecular weight excluding hydrogens is 252 g/mol. The highest BCUT2D eigenvalue weighted by atomic mass is 32.1. The summed E-state index contributed by atoms with van der Waals surface area (Å²) in [6.07, 6.45) is 9.35. The van der Waals surface area contributed by atoms with Crippen molar-refractivity contribution < 1.29 is 0 Å². The Morgan fingerprint density at radius 3 is 2.68 bits per heavy atom. The fourth-order valence-corrected chi connectivity index (χ4v) is 3.85. The number of thiophene rings is 1. The first-order chi connectivity index (χ1) is 9.24. The first-order valence-corrected chi connectivity index (χ1v) is 8.53. The molecule has 108 valence electrons. The van der Waals surface area contributed by atoms with Crippen molar-refractivity contribution in [3.8, 4) is 0 Å². The second kappa shape index (κ2) is 7.41. The van der Waals surface area contributed by atoms with Gasteiger partial charge in [0.15, 0.2) is 0 Å². The molecule has 1 heterocycles. The van der Waals surface area contributed by atoms with E-state index in [4.69, 9.17) is 5.73 Å². The molecule has 1 saturated carbocycles. The lowest BCUT2D eigenvalue weighted by atomic mass is 9.72. The maximum absolute atomic E-state index is 6.06. The van der Waals surface area contributed by atoms with Crippen LogP contribution in [0.1, 0.15) is 43.4 Å². The molecule has 1 aliphatic carbocycles. The predicted octanol–water partition coefficient (Wildman–Crippen LogP) is 3.52. The van der Waals surface area contributed by atoms with Gasteiger partial charge in [0, 0.05) is 11.4 Å². The van der Waals surface area contributed by atoms with E-state index in [1.54, 1.807) is 0 Å². The highest BCUT2D eigenvalue weighted by molar-refractivity contribution is 7.09. The van der Waals surface area contributed by atoms with Gasteiger partial charge in [0.1, 0.15) is 0 Å². The lowest BCUT2D eigenvalue weighted by Gasteiger charge is -2.37. The Morgan fingerprint density at radius 2 is 2.05 bits per heavy atom. The summed E-state index contributed by atoms with van der Waals surface area (Å²) < 4.78 is 0. The van der Waals surface area contributed by atoms with Crippen LogP contribution in [0.15, 0.2) is 17.5 Å². The number of hydrogen-bond donors (Lipinski definition) is 1. The van der Waals surface area contributed by atoms with Gasteiger partial charge in [-0.15, -0.1) is 11.3 Å².